The van der Waals surface area contributed by atoms with Gasteiger partial charge in [0.25, 0.3) is 0 Å². The predicted octanol–water partition coefficient (Wildman–Crippen LogP) is 1.18. The van der Waals surface area contributed by atoms with Gasteiger partial charge in [-0.3, -0.25) is 0 Å². The van der Waals surface area contributed by atoms with Gasteiger partial charge >= 0.3 is 0 Å². The molecule has 0 unspecified atom stereocenters. The fourth-order valence-corrected chi connectivity index (χ4v) is 1.88. The standard InChI is InChI=1S/C11H17N3/c1-9-3-2-4-11(13-9)14-7-10(8-14)5-6-12/h2-4,10H,5-8,12H2,1H3. The molecule has 76 valence electrons. The minimum absolute atomic E-state index is 0.780. The van der Waals surface area contributed by atoms with E-state index in [1.165, 1.54) is 0 Å². The van der Waals surface area contributed by atoms with E-state index >= 15 is 0 Å². The van der Waals surface area contributed by atoms with Gasteiger partial charge in [-0.1, -0.05) is 6.07 Å². The zero-order valence-corrected chi connectivity index (χ0v) is 8.61. The Balaban J connectivity index is 1.93. The van der Waals surface area contributed by atoms with Crippen molar-refractivity contribution < 1.29 is 0 Å². The summed E-state index contributed by atoms with van der Waals surface area (Å²) in [4.78, 5) is 6.80. The van der Waals surface area contributed by atoms with Crippen LogP contribution < -0.4 is 10.6 Å². The maximum atomic E-state index is 5.51. The van der Waals surface area contributed by atoms with Crippen molar-refractivity contribution in [1.29, 1.82) is 0 Å². The second-order valence-electron chi connectivity index (χ2n) is 3.99. The highest BCUT2D eigenvalue weighted by molar-refractivity contribution is 5.42. The number of hydrogen-bond acceptors (Lipinski definition) is 3. The summed E-state index contributed by atoms with van der Waals surface area (Å²) in [5.41, 5.74) is 6.60. The van der Waals surface area contributed by atoms with Gasteiger partial charge < -0.3 is 10.6 Å². The van der Waals surface area contributed by atoms with Gasteiger partial charge in [-0.15, -0.1) is 0 Å². The molecule has 0 aromatic carbocycles. The largest absolute Gasteiger partial charge is 0.356 e. The zero-order chi connectivity index (χ0) is 9.97. The van der Waals surface area contributed by atoms with E-state index < -0.39 is 0 Å². The lowest BCUT2D eigenvalue weighted by Gasteiger charge is -2.40. The number of aryl methyl sites for hydroxylation is 1. The fraction of sp³-hybridized carbons (Fsp3) is 0.545. The van der Waals surface area contributed by atoms with Crippen molar-refractivity contribution in [2.24, 2.45) is 11.7 Å². The summed E-state index contributed by atoms with van der Waals surface area (Å²) < 4.78 is 0. The summed E-state index contributed by atoms with van der Waals surface area (Å²) in [7, 11) is 0. The van der Waals surface area contributed by atoms with Crippen molar-refractivity contribution >= 4 is 5.82 Å². The van der Waals surface area contributed by atoms with Gasteiger partial charge in [-0.05, 0) is 37.9 Å². The first-order valence-corrected chi connectivity index (χ1v) is 5.18. The molecule has 2 heterocycles. The average molecular weight is 191 g/mol. The molecular weight excluding hydrogens is 174 g/mol. The average Bonchev–Trinajstić information content (AvgIpc) is 2.10. The molecule has 0 amide bonds. The van der Waals surface area contributed by atoms with Crippen molar-refractivity contribution in [2.75, 3.05) is 24.5 Å². The Morgan fingerprint density at radius 3 is 2.93 bits per heavy atom. The van der Waals surface area contributed by atoms with Crippen molar-refractivity contribution in [1.82, 2.24) is 4.98 Å². The van der Waals surface area contributed by atoms with Gasteiger partial charge in [0.15, 0.2) is 0 Å². The highest BCUT2D eigenvalue weighted by Gasteiger charge is 2.26. The first-order chi connectivity index (χ1) is 6.79. The van der Waals surface area contributed by atoms with Crippen LogP contribution in [0.15, 0.2) is 18.2 Å². The zero-order valence-electron chi connectivity index (χ0n) is 8.61. The SMILES string of the molecule is Cc1cccc(N2CC(CCN)C2)n1. The highest BCUT2D eigenvalue weighted by Crippen LogP contribution is 2.24. The summed E-state index contributed by atoms with van der Waals surface area (Å²) in [6.07, 6.45) is 1.14. The van der Waals surface area contributed by atoms with Crippen LogP contribution >= 0.6 is 0 Å². The molecule has 2 rings (SSSR count). The maximum Gasteiger partial charge on any atom is 0.128 e. The Kier molecular flexibility index (Phi) is 2.68. The van der Waals surface area contributed by atoms with E-state index in [1.54, 1.807) is 0 Å². The van der Waals surface area contributed by atoms with Crippen LogP contribution in [0.1, 0.15) is 12.1 Å². The molecular formula is C11H17N3. The van der Waals surface area contributed by atoms with E-state index in [-0.39, 0.29) is 0 Å². The molecule has 1 aliphatic rings. The smallest absolute Gasteiger partial charge is 0.128 e. The van der Waals surface area contributed by atoms with E-state index in [9.17, 15) is 0 Å². The van der Waals surface area contributed by atoms with Crippen molar-refractivity contribution in [3.05, 3.63) is 23.9 Å². The lowest BCUT2D eigenvalue weighted by molar-refractivity contribution is 0.386. The molecule has 0 radical (unpaired) electrons. The maximum absolute atomic E-state index is 5.51. The number of pyridine rings is 1. The molecule has 2 N–H and O–H groups in total. The van der Waals surface area contributed by atoms with Crippen LogP contribution in [0.2, 0.25) is 0 Å². The number of aromatic nitrogens is 1. The summed E-state index contributed by atoms with van der Waals surface area (Å²) in [6.45, 7) is 5.07. The summed E-state index contributed by atoms with van der Waals surface area (Å²) >= 11 is 0. The Hall–Kier alpha value is -1.09. The molecule has 0 bridgehead atoms. The third-order valence-corrected chi connectivity index (χ3v) is 2.73. The molecule has 3 nitrogen and oxygen atoms in total. The van der Waals surface area contributed by atoms with E-state index in [1.807, 2.05) is 13.0 Å². The molecule has 3 heteroatoms. The van der Waals surface area contributed by atoms with Gasteiger partial charge in [0, 0.05) is 18.8 Å². The number of nitrogens with two attached hydrogens (primary N) is 1. The lowest BCUT2D eigenvalue weighted by atomic mass is 9.96. The third kappa shape index (κ3) is 1.87. The molecule has 0 atom stereocenters. The Morgan fingerprint density at radius 2 is 2.29 bits per heavy atom. The van der Waals surface area contributed by atoms with Gasteiger partial charge in [0.2, 0.25) is 0 Å². The lowest BCUT2D eigenvalue weighted by Crippen LogP contribution is -2.47. The number of hydrogen-bond donors (Lipinski definition) is 1. The molecule has 0 aliphatic carbocycles. The Labute approximate surface area is 84.9 Å². The fourth-order valence-electron chi connectivity index (χ4n) is 1.88. The van der Waals surface area contributed by atoms with Crippen molar-refractivity contribution in [2.45, 2.75) is 13.3 Å². The summed E-state index contributed by atoms with van der Waals surface area (Å²) in [5.74, 6) is 1.89. The first kappa shape index (κ1) is 9.46. The summed E-state index contributed by atoms with van der Waals surface area (Å²) in [5, 5.41) is 0. The minimum Gasteiger partial charge on any atom is -0.356 e. The molecule has 1 aromatic rings. The van der Waals surface area contributed by atoms with Crippen LogP contribution in [0.25, 0.3) is 0 Å². The van der Waals surface area contributed by atoms with Crippen molar-refractivity contribution in [3.63, 3.8) is 0 Å². The topological polar surface area (TPSA) is 42.1 Å². The molecule has 0 saturated carbocycles. The first-order valence-electron chi connectivity index (χ1n) is 5.18. The number of rotatable bonds is 3. The van der Waals surface area contributed by atoms with E-state index in [0.29, 0.717) is 0 Å². The van der Waals surface area contributed by atoms with Crippen LogP contribution in [-0.4, -0.2) is 24.6 Å². The van der Waals surface area contributed by atoms with Crippen LogP contribution in [-0.2, 0) is 0 Å². The predicted molar refractivity (Wildman–Crippen MR) is 58.3 cm³/mol. The van der Waals surface area contributed by atoms with Crippen LogP contribution in [0, 0.1) is 12.8 Å². The van der Waals surface area contributed by atoms with Gasteiger partial charge in [-0.25, -0.2) is 4.98 Å². The number of anilines is 1. The Morgan fingerprint density at radius 1 is 1.50 bits per heavy atom. The third-order valence-electron chi connectivity index (χ3n) is 2.73. The molecule has 14 heavy (non-hydrogen) atoms. The van der Waals surface area contributed by atoms with Crippen molar-refractivity contribution in [3.8, 4) is 0 Å². The Bertz CT molecular complexity index is 305. The minimum atomic E-state index is 0.780. The number of nitrogens with zero attached hydrogens (tertiary/aromatic N) is 2. The van der Waals surface area contributed by atoms with E-state index in [2.05, 4.69) is 22.0 Å². The monoisotopic (exact) mass is 191 g/mol. The van der Waals surface area contributed by atoms with Crippen LogP contribution in [0.4, 0.5) is 5.82 Å². The normalized spacial score (nSPS) is 16.9. The van der Waals surface area contributed by atoms with Crippen LogP contribution in [0.3, 0.4) is 0 Å². The summed E-state index contributed by atoms with van der Waals surface area (Å²) in [6, 6.07) is 6.17. The molecule has 1 aliphatic heterocycles. The highest BCUT2D eigenvalue weighted by atomic mass is 15.2. The molecule has 1 fully saturated rings. The van der Waals surface area contributed by atoms with Gasteiger partial charge in [0.1, 0.15) is 5.82 Å². The second kappa shape index (κ2) is 3.96. The van der Waals surface area contributed by atoms with Crippen LogP contribution in [0.5, 0.6) is 0 Å². The second-order valence-corrected chi connectivity index (χ2v) is 3.99. The van der Waals surface area contributed by atoms with E-state index in [4.69, 9.17) is 5.73 Å². The molecule has 1 aromatic heterocycles. The van der Waals surface area contributed by atoms with Gasteiger partial charge in [-0.2, -0.15) is 0 Å². The molecule has 1 saturated heterocycles. The quantitative estimate of drug-likeness (QED) is 0.780. The molecule has 0 spiro atoms. The van der Waals surface area contributed by atoms with E-state index in [0.717, 1.165) is 43.5 Å². The van der Waals surface area contributed by atoms with Gasteiger partial charge in [0.05, 0.1) is 0 Å².